The average Bonchev–Trinajstić information content (AvgIpc) is 2.69. The number of hydrazone groups is 1. The molecule has 142 valence electrons. The normalized spacial score (nSPS) is 10.8. The second-order valence-electron chi connectivity index (χ2n) is 6.78. The topological polar surface area (TPSA) is 50.7 Å². The first-order chi connectivity index (χ1) is 13.5. The van der Waals surface area contributed by atoms with Gasteiger partial charge in [0.05, 0.1) is 11.8 Å². The van der Waals surface area contributed by atoms with E-state index in [9.17, 15) is 4.79 Å². The lowest BCUT2D eigenvalue weighted by atomic mass is 10.0. The number of aryl methyl sites for hydroxylation is 3. The predicted octanol–water partition coefficient (Wildman–Crippen LogP) is 4.95. The summed E-state index contributed by atoms with van der Waals surface area (Å²) in [7, 11) is 0. The predicted molar refractivity (Wildman–Crippen MR) is 113 cm³/mol. The molecule has 0 spiro atoms. The Morgan fingerprint density at radius 3 is 2.32 bits per heavy atom. The number of rotatable bonds is 6. The average molecular weight is 372 g/mol. The summed E-state index contributed by atoms with van der Waals surface area (Å²) in [5.74, 6) is 0.226. The summed E-state index contributed by atoms with van der Waals surface area (Å²) in [4.78, 5) is 12.6. The van der Waals surface area contributed by atoms with Gasteiger partial charge in [0.25, 0.3) is 5.91 Å². The fraction of sp³-hybridized carbons (Fsp3) is 0.167. The molecule has 28 heavy (non-hydrogen) atoms. The van der Waals surface area contributed by atoms with Crippen molar-refractivity contribution in [3.05, 3.63) is 100 Å². The number of para-hydroxylation sites is 1. The van der Waals surface area contributed by atoms with Crippen LogP contribution in [0.4, 0.5) is 0 Å². The van der Waals surface area contributed by atoms with Crippen LogP contribution in [-0.4, -0.2) is 12.1 Å². The van der Waals surface area contributed by atoms with E-state index in [1.54, 1.807) is 18.3 Å². The number of carbonyl (C=O) groups is 1. The maximum Gasteiger partial charge on any atom is 0.275 e. The molecule has 0 fully saturated rings. The first-order valence-corrected chi connectivity index (χ1v) is 9.21. The fourth-order valence-electron chi connectivity index (χ4n) is 3.13. The molecule has 0 radical (unpaired) electrons. The standard InChI is InChI=1S/C24H24N2O2/c1-17-13-18(2)22(19(3)14-17)15-25-26-24(27)21-11-7-8-12-23(21)28-16-20-9-5-4-6-10-20/h4-15H,16H2,1-3H3,(H,26,27)/b25-15-. The van der Waals surface area contributed by atoms with E-state index >= 15 is 0 Å². The van der Waals surface area contributed by atoms with E-state index in [-0.39, 0.29) is 5.91 Å². The molecule has 0 aliphatic heterocycles. The van der Waals surface area contributed by atoms with E-state index in [0.717, 1.165) is 22.3 Å². The van der Waals surface area contributed by atoms with Crippen LogP contribution in [0.15, 0.2) is 71.8 Å². The molecule has 0 aliphatic carbocycles. The molecule has 0 saturated heterocycles. The zero-order valence-corrected chi connectivity index (χ0v) is 16.4. The Morgan fingerprint density at radius 2 is 1.61 bits per heavy atom. The molecule has 0 heterocycles. The van der Waals surface area contributed by atoms with E-state index in [0.29, 0.717) is 17.9 Å². The molecule has 0 bridgehead atoms. The minimum Gasteiger partial charge on any atom is -0.488 e. The summed E-state index contributed by atoms with van der Waals surface area (Å²) in [6, 6.07) is 21.2. The van der Waals surface area contributed by atoms with Gasteiger partial charge in [-0.05, 0) is 49.6 Å². The minimum atomic E-state index is -0.303. The monoisotopic (exact) mass is 372 g/mol. The molecule has 3 aromatic carbocycles. The molecule has 0 aromatic heterocycles. The molecular formula is C24H24N2O2. The third-order valence-electron chi connectivity index (χ3n) is 4.47. The Kier molecular flexibility index (Phi) is 6.22. The molecule has 1 N–H and O–H groups in total. The molecule has 3 aromatic rings. The van der Waals surface area contributed by atoms with Crippen LogP contribution in [0.1, 0.15) is 38.2 Å². The van der Waals surface area contributed by atoms with Crippen molar-refractivity contribution in [1.82, 2.24) is 5.43 Å². The molecule has 0 atom stereocenters. The van der Waals surface area contributed by atoms with Crippen molar-refractivity contribution >= 4 is 12.1 Å². The highest BCUT2D eigenvalue weighted by atomic mass is 16.5. The molecule has 0 aliphatic rings. The van der Waals surface area contributed by atoms with Crippen LogP contribution < -0.4 is 10.2 Å². The van der Waals surface area contributed by atoms with Crippen LogP contribution in [0.5, 0.6) is 5.75 Å². The zero-order valence-electron chi connectivity index (χ0n) is 16.4. The summed E-state index contributed by atoms with van der Waals surface area (Å²) in [5.41, 5.74) is 8.58. The number of benzene rings is 3. The molecule has 1 amide bonds. The van der Waals surface area contributed by atoms with E-state index in [4.69, 9.17) is 4.74 Å². The minimum absolute atomic E-state index is 0.303. The van der Waals surface area contributed by atoms with Crippen molar-refractivity contribution in [2.75, 3.05) is 0 Å². The Balaban J connectivity index is 1.69. The van der Waals surface area contributed by atoms with Gasteiger partial charge in [0.15, 0.2) is 0 Å². The van der Waals surface area contributed by atoms with Crippen LogP contribution in [0, 0.1) is 20.8 Å². The van der Waals surface area contributed by atoms with Gasteiger partial charge in [0.2, 0.25) is 0 Å². The van der Waals surface area contributed by atoms with Gasteiger partial charge in [-0.15, -0.1) is 0 Å². The van der Waals surface area contributed by atoms with Crippen molar-refractivity contribution < 1.29 is 9.53 Å². The second kappa shape index (κ2) is 9.00. The number of hydrogen-bond donors (Lipinski definition) is 1. The van der Waals surface area contributed by atoms with E-state index in [1.165, 1.54) is 5.56 Å². The number of hydrogen-bond acceptors (Lipinski definition) is 3. The van der Waals surface area contributed by atoms with Crippen LogP contribution >= 0.6 is 0 Å². The summed E-state index contributed by atoms with van der Waals surface area (Å²) in [6.45, 7) is 6.54. The number of nitrogens with zero attached hydrogens (tertiary/aromatic N) is 1. The van der Waals surface area contributed by atoms with E-state index < -0.39 is 0 Å². The number of ether oxygens (including phenoxy) is 1. The van der Waals surface area contributed by atoms with Crippen LogP contribution in [0.25, 0.3) is 0 Å². The summed E-state index contributed by atoms with van der Waals surface area (Å²) in [5, 5.41) is 4.15. The maximum absolute atomic E-state index is 12.6. The first-order valence-electron chi connectivity index (χ1n) is 9.21. The Labute approximate surface area is 165 Å². The third-order valence-corrected chi connectivity index (χ3v) is 4.47. The highest BCUT2D eigenvalue weighted by molar-refractivity contribution is 5.97. The number of carbonyl (C=O) groups excluding carboxylic acids is 1. The smallest absolute Gasteiger partial charge is 0.275 e. The van der Waals surface area contributed by atoms with Crippen LogP contribution in [0.2, 0.25) is 0 Å². The van der Waals surface area contributed by atoms with Gasteiger partial charge in [-0.1, -0.05) is 60.2 Å². The van der Waals surface area contributed by atoms with Crippen LogP contribution in [0.3, 0.4) is 0 Å². The lowest BCUT2D eigenvalue weighted by Crippen LogP contribution is -2.19. The highest BCUT2D eigenvalue weighted by Crippen LogP contribution is 2.19. The fourth-order valence-corrected chi connectivity index (χ4v) is 3.13. The summed E-state index contributed by atoms with van der Waals surface area (Å²) >= 11 is 0. The largest absolute Gasteiger partial charge is 0.488 e. The molecule has 4 heteroatoms. The second-order valence-corrected chi connectivity index (χ2v) is 6.78. The SMILES string of the molecule is Cc1cc(C)c(/C=N\NC(=O)c2ccccc2OCc2ccccc2)c(C)c1. The number of nitrogens with one attached hydrogen (secondary N) is 1. The van der Waals surface area contributed by atoms with Gasteiger partial charge >= 0.3 is 0 Å². The van der Waals surface area contributed by atoms with Gasteiger partial charge in [0.1, 0.15) is 12.4 Å². The first kappa shape index (κ1) is 19.4. The lowest BCUT2D eigenvalue weighted by molar-refractivity contribution is 0.0950. The molecule has 4 nitrogen and oxygen atoms in total. The highest BCUT2D eigenvalue weighted by Gasteiger charge is 2.11. The van der Waals surface area contributed by atoms with Gasteiger partial charge in [-0.3, -0.25) is 4.79 Å². The van der Waals surface area contributed by atoms with Gasteiger partial charge < -0.3 is 4.74 Å². The third kappa shape index (κ3) is 4.86. The number of amides is 1. The van der Waals surface area contributed by atoms with Crippen molar-refractivity contribution in [2.24, 2.45) is 5.10 Å². The van der Waals surface area contributed by atoms with Crippen molar-refractivity contribution in [1.29, 1.82) is 0 Å². The van der Waals surface area contributed by atoms with Crippen molar-refractivity contribution in [3.8, 4) is 5.75 Å². The zero-order chi connectivity index (χ0) is 19.9. The molecule has 0 unspecified atom stereocenters. The quantitative estimate of drug-likeness (QED) is 0.491. The molecule has 0 saturated carbocycles. The summed E-state index contributed by atoms with van der Waals surface area (Å²) < 4.78 is 5.85. The van der Waals surface area contributed by atoms with Gasteiger partial charge in [-0.2, -0.15) is 5.10 Å². The molecule has 3 rings (SSSR count). The Morgan fingerprint density at radius 1 is 0.964 bits per heavy atom. The Hall–Kier alpha value is -3.40. The maximum atomic E-state index is 12.6. The van der Waals surface area contributed by atoms with Crippen LogP contribution in [-0.2, 0) is 6.61 Å². The summed E-state index contributed by atoms with van der Waals surface area (Å²) in [6.07, 6.45) is 1.69. The van der Waals surface area contributed by atoms with Crippen molar-refractivity contribution in [2.45, 2.75) is 27.4 Å². The molecular weight excluding hydrogens is 348 g/mol. The van der Waals surface area contributed by atoms with Gasteiger partial charge in [0, 0.05) is 5.56 Å². The van der Waals surface area contributed by atoms with Crippen molar-refractivity contribution in [3.63, 3.8) is 0 Å². The van der Waals surface area contributed by atoms with E-state index in [1.807, 2.05) is 56.3 Å². The van der Waals surface area contributed by atoms with Gasteiger partial charge in [-0.25, -0.2) is 5.43 Å². The Bertz CT molecular complexity index is 971. The van der Waals surface area contributed by atoms with E-state index in [2.05, 4.69) is 29.6 Å². The lowest BCUT2D eigenvalue weighted by Gasteiger charge is -2.10.